The first-order chi connectivity index (χ1) is 12.0. The number of likely N-dealkylation sites (tertiary alicyclic amines) is 1. The van der Waals surface area contributed by atoms with Crippen molar-refractivity contribution in [2.75, 3.05) is 13.1 Å². The highest BCUT2D eigenvalue weighted by molar-refractivity contribution is 5.78. The average molecular weight is 338 g/mol. The molecule has 2 aliphatic rings. The van der Waals surface area contributed by atoms with Gasteiger partial charge in [-0.05, 0) is 43.2 Å². The van der Waals surface area contributed by atoms with E-state index in [1.165, 1.54) is 12.8 Å². The van der Waals surface area contributed by atoms with E-state index in [0.29, 0.717) is 31.3 Å². The maximum Gasteiger partial charge on any atom is 0.222 e. The normalized spacial score (nSPS) is 24.6. The molecule has 0 bridgehead atoms. The van der Waals surface area contributed by atoms with Gasteiger partial charge in [0.05, 0.1) is 11.6 Å². The maximum atomic E-state index is 12.4. The van der Waals surface area contributed by atoms with Crippen LogP contribution in [-0.4, -0.2) is 40.1 Å². The van der Waals surface area contributed by atoms with Crippen LogP contribution in [0.2, 0.25) is 0 Å². The number of aromatic nitrogens is 1. The minimum Gasteiger partial charge on any atom is -0.391 e. The predicted molar refractivity (Wildman–Crippen MR) is 98.1 cm³/mol. The van der Waals surface area contributed by atoms with Gasteiger partial charge in [-0.2, -0.15) is 0 Å². The third-order valence-electron chi connectivity index (χ3n) is 5.93. The van der Waals surface area contributed by atoms with E-state index < -0.39 is 6.10 Å². The van der Waals surface area contributed by atoms with Crippen LogP contribution in [0.5, 0.6) is 0 Å². The first-order valence-corrected chi connectivity index (χ1v) is 9.33. The molecule has 1 amide bonds. The van der Waals surface area contributed by atoms with Gasteiger partial charge in [0.25, 0.3) is 0 Å². The Labute approximate surface area is 148 Å². The molecule has 1 aliphatic heterocycles. The maximum absolute atomic E-state index is 12.4. The largest absolute Gasteiger partial charge is 0.391 e. The zero-order chi connectivity index (χ0) is 17.4. The van der Waals surface area contributed by atoms with Crippen LogP contribution in [0.4, 0.5) is 0 Å². The van der Waals surface area contributed by atoms with Crippen LogP contribution in [0.3, 0.4) is 0 Å². The Morgan fingerprint density at radius 1 is 1.24 bits per heavy atom. The number of β-amino-alcohol motifs (C(OH)–C–C–N with tert-alkyl or cyclic N) is 1. The van der Waals surface area contributed by atoms with Crippen molar-refractivity contribution in [1.29, 1.82) is 0 Å². The number of amides is 1. The number of nitrogens with zero attached hydrogens (tertiary/aromatic N) is 2. The van der Waals surface area contributed by atoms with Gasteiger partial charge in [0.15, 0.2) is 0 Å². The first-order valence-electron chi connectivity index (χ1n) is 9.33. The Hall–Kier alpha value is -1.94. The summed E-state index contributed by atoms with van der Waals surface area (Å²) in [5, 5.41) is 11.5. The molecule has 1 aliphatic carbocycles. The van der Waals surface area contributed by atoms with Gasteiger partial charge < -0.3 is 10.0 Å². The van der Waals surface area contributed by atoms with Gasteiger partial charge in [-0.1, -0.05) is 31.2 Å². The molecule has 0 unspecified atom stereocenters. The fraction of sp³-hybridized carbons (Fsp3) is 0.524. The van der Waals surface area contributed by atoms with Gasteiger partial charge in [0, 0.05) is 36.5 Å². The van der Waals surface area contributed by atoms with Gasteiger partial charge >= 0.3 is 0 Å². The second kappa shape index (κ2) is 6.41. The minimum absolute atomic E-state index is 0.0779. The van der Waals surface area contributed by atoms with Crippen LogP contribution < -0.4 is 0 Å². The van der Waals surface area contributed by atoms with Crippen LogP contribution in [0.25, 0.3) is 10.9 Å². The second-order valence-corrected chi connectivity index (χ2v) is 8.14. The molecule has 1 saturated carbocycles. The van der Waals surface area contributed by atoms with E-state index in [1.54, 1.807) is 0 Å². The number of fused-ring (bicyclic) bond motifs is 1. The van der Waals surface area contributed by atoms with Crippen LogP contribution in [0.1, 0.15) is 38.3 Å². The highest BCUT2D eigenvalue weighted by atomic mass is 16.3. The third-order valence-corrected chi connectivity index (χ3v) is 5.93. The number of hydrogen-bond acceptors (Lipinski definition) is 3. The molecule has 0 radical (unpaired) electrons. The van der Waals surface area contributed by atoms with Crippen molar-refractivity contribution in [2.24, 2.45) is 11.3 Å². The molecule has 1 aromatic carbocycles. The van der Waals surface area contributed by atoms with Gasteiger partial charge in [-0.15, -0.1) is 0 Å². The van der Waals surface area contributed by atoms with E-state index in [4.69, 9.17) is 4.98 Å². The number of para-hydroxylation sites is 1. The topological polar surface area (TPSA) is 53.4 Å². The molecule has 2 fully saturated rings. The van der Waals surface area contributed by atoms with Crippen molar-refractivity contribution < 1.29 is 9.90 Å². The van der Waals surface area contributed by atoms with E-state index in [-0.39, 0.29) is 11.8 Å². The molecule has 0 spiro atoms. The summed E-state index contributed by atoms with van der Waals surface area (Å²) in [6, 6.07) is 12.2. The van der Waals surface area contributed by atoms with Crippen molar-refractivity contribution in [3.63, 3.8) is 0 Å². The van der Waals surface area contributed by atoms with Crippen LogP contribution in [-0.2, 0) is 11.2 Å². The number of aliphatic hydroxyl groups is 1. The summed E-state index contributed by atoms with van der Waals surface area (Å²) in [4.78, 5) is 19.0. The standard InChI is InChI=1S/C21H26N2O2/c1-21(10-11-21)9-8-20(25)23-13-16(19(24)14-23)12-17-7-6-15-4-2-3-5-18(15)22-17/h2-7,16,19,24H,8-14H2,1H3/t16-,19-/m1/s1. The molecule has 25 heavy (non-hydrogen) atoms. The van der Waals surface area contributed by atoms with Crippen molar-refractivity contribution in [3.8, 4) is 0 Å². The summed E-state index contributed by atoms with van der Waals surface area (Å²) in [5.41, 5.74) is 2.38. The number of pyridine rings is 1. The SMILES string of the molecule is CC1(CCC(=O)N2C[C@@H](Cc3ccc4ccccc4n3)[C@H](O)C2)CC1. The zero-order valence-electron chi connectivity index (χ0n) is 14.8. The molecule has 1 N–H and O–H groups in total. The first kappa shape index (κ1) is 16.5. The predicted octanol–water partition coefficient (Wildman–Crippen LogP) is 3.18. The molecule has 2 aromatic rings. The lowest BCUT2D eigenvalue weighted by molar-refractivity contribution is -0.130. The van der Waals surface area contributed by atoms with Crippen molar-refractivity contribution in [2.45, 2.75) is 45.1 Å². The van der Waals surface area contributed by atoms with Crippen molar-refractivity contribution in [1.82, 2.24) is 9.88 Å². The van der Waals surface area contributed by atoms with E-state index in [1.807, 2.05) is 29.2 Å². The fourth-order valence-electron chi connectivity index (χ4n) is 3.78. The molecular formula is C21H26N2O2. The number of benzene rings is 1. The number of aliphatic hydroxyl groups excluding tert-OH is 1. The van der Waals surface area contributed by atoms with Crippen LogP contribution in [0.15, 0.2) is 36.4 Å². The molecule has 2 heterocycles. The minimum atomic E-state index is -0.450. The van der Waals surface area contributed by atoms with E-state index in [2.05, 4.69) is 19.1 Å². The van der Waals surface area contributed by atoms with Crippen LogP contribution in [0, 0.1) is 11.3 Å². The Kier molecular flexibility index (Phi) is 4.24. The average Bonchev–Trinajstić information content (AvgIpc) is 3.25. The summed E-state index contributed by atoms with van der Waals surface area (Å²) in [6.07, 6.45) is 4.36. The van der Waals surface area contributed by atoms with Crippen LogP contribution >= 0.6 is 0 Å². The summed E-state index contributed by atoms with van der Waals surface area (Å²) >= 11 is 0. The lowest BCUT2D eigenvalue weighted by Crippen LogP contribution is -2.29. The lowest BCUT2D eigenvalue weighted by atomic mass is 9.99. The van der Waals surface area contributed by atoms with Crippen molar-refractivity contribution in [3.05, 3.63) is 42.1 Å². The molecule has 4 rings (SSSR count). The van der Waals surface area contributed by atoms with Gasteiger partial charge in [-0.3, -0.25) is 9.78 Å². The van der Waals surface area contributed by atoms with Gasteiger partial charge in [0.1, 0.15) is 0 Å². The van der Waals surface area contributed by atoms with Crippen molar-refractivity contribution >= 4 is 16.8 Å². The Balaban J connectivity index is 1.38. The van der Waals surface area contributed by atoms with Gasteiger partial charge in [-0.25, -0.2) is 0 Å². The van der Waals surface area contributed by atoms with Gasteiger partial charge in [0.2, 0.25) is 5.91 Å². The monoisotopic (exact) mass is 338 g/mol. The molecule has 1 saturated heterocycles. The molecule has 132 valence electrons. The van der Waals surface area contributed by atoms with E-state index in [9.17, 15) is 9.90 Å². The lowest BCUT2D eigenvalue weighted by Gasteiger charge is -2.17. The zero-order valence-corrected chi connectivity index (χ0v) is 14.8. The Bertz CT molecular complexity index is 784. The molecule has 2 atom stereocenters. The number of carbonyl (C=O) groups excluding carboxylic acids is 1. The Morgan fingerprint density at radius 3 is 2.84 bits per heavy atom. The Morgan fingerprint density at radius 2 is 2.04 bits per heavy atom. The third kappa shape index (κ3) is 3.69. The van der Waals surface area contributed by atoms with E-state index in [0.717, 1.165) is 23.0 Å². The summed E-state index contributed by atoms with van der Waals surface area (Å²) in [5.74, 6) is 0.273. The second-order valence-electron chi connectivity index (χ2n) is 8.14. The molecule has 4 heteroatoms. The molecular weight excluding hydrogens is 312 g/mol. The highest BCUT2D eigenvalue weighted by Crippen LogP contribution is 2.49. The molecule has 1 aromatic heterocycles. The molecule has 4 nitrogen and oxygen atoms in total. The number of carbonyl (C=O) groups is 1. The summed E-state index contributed by atoms with van der Waals surface area (Å²) < 4.78 is 0. The summed E-state index contributed by atoms with van der Waals surface area (Å²) in [7, 11) is 0. The van der Waals surface area contributed by atoms with E-state index >= 15 is 0 Å². The smallest absolute Gasteiger partial charge is 0.222 e. The number of rotatable bonds is 5. The highest BCUT2D eigenvalue weighted by Gasteiger charge is 2.39. The summed E-state index contributed by atoms with van der Waals surface area (Å²) in [6.45, 7) is 3.37. The number of hydrogen-bond donors (Lipinski definition) is 1. The fourth-order valence-corrected chi connectivity index (χ4v) is 3.78. The quantitative estimate of drug-likeness (QED) is 0.911.